The van der Waals surface area contributed by atoms with Crippen molar-refractivity contribution in [1.29, 1.82) is 0 Å². The third-order valence-corrected chi connectivity index (χ3v) is 5.67. The maximum absolute atomic E-state index is 11.3. The van der Waals surface area contributed by atoms with Crippen LogP contribution in [0.1, 0.15) is 110 Å². The summed E-state index contributed by atoms with van der Waals surface area (Å²) >= 11 is 0. The van der Waals surface area contributed by atoms with Crippen LogP contribution in [0.25, 0.3) is 0 Å². The van der Waals surface area contributed by atoms with Crippen molar-refractivity contribution >= 4 is 10.1 Å². The molecular weight excluding hydrogens is 322 g/mol. The Morgan fingerprint density at radius 2 is 0.958 bits per heavy atom. The van der Waals surface area contributed by atoms with E-state index in [1.165, 1.54) is 90.5 Å². The van der Waals surface area contributed by atoms with Gasteiger partial charge in [0.2, 0.25) is 0 Å². The van der Waals surface area contributed by atoms with Crippen LogP contribution in [0.3, 0.4) is 0 Å². The molecule has 24 heavy (non-hydrogen) atoms. The first kappa shape index (κ1) is 23.9. The molecule has 0 saturated heterocycles. The molecule has 0 saturated carbocycles. The molecule has 0 aliphatic carbocycles. The summed E-state index contributed by atoms with van der Waals surface area (Å²) < 4.78 is 27.1. The lowest BCUT2D eigenvalue weighted by Crippen LogP contribution is -2.18. The van der Waals surface area contributed by atoms with Gasteiger partial charge in [0.15, 0.2) is 0 Å². The van der Waals surface area contributed by atoms with Crippen molar-refractivity contribution < 1.29 is 12.7 Å². The Labute approximate surface area is 151 Å². The minimum atomic E-state index is -3.36. The fraction of sp³-hybridized carbons (Fsp3) is 1.00. The highest BCUT2D eigenvalue weighted by Gasteiger charge is 2.09. The zero-order valence-corrected chi connectivity index (χ0v) is 17.0. The van der Waals surface area contributed by atoms with Gasteiger partial charge in [-0.3, -0.25) is 0 Å². The highest BCUT2D eigenvalue weighted by Crippen LogP contribution is 2.13. The first-order valence-corrected chi connectivity index (χ1v) is 11.8. The van der Waals surface area contributed by atoms with Crippen molar-refractivity contribution in [3.05, 3.63) is 0 Å². The molecule has 0 aliphatic heterocycles. The van der Waals surface area contributed by atoms with Crippen LogP contribution < -0.4 is 5.48 Å². The predicted octanol–water partition coefficient (Wildman–Crippen LogP) is 5.73. The molecule has 1 N–H and O–H groups in total. The lowest BCUT2D eigenvalue weighted by atomic mass is 10.0. The van der Waals surface area contributed by atoms with Gasteiger partial charge >= 0.3 is 0 Å². The van der Waals surface area contributed by atoms with E-state index in [1.54, 1.807) is 0 Å². The Morgan fingerprint density at radius 3 is 1.29 bits per heavy atom. The Hall–Kier alpha value is -0.130. The van der Waals surface area contributed by atoms with Crippen LogP contribution in [0.4, 0.5) is 0 Å². The van der Waals surface area contributed by atoms with Crippen molar-refractivity contribution in [1.82, 2.24) is 5.48 Å². The van der Waals surface area contributed by atoms with Crippen LogP contribution in [-0.2, 0) is 14.4 Å². The number of unbranched alkanes of at least 4 members (excludes halogenated alkanes) is 15. The summed E-state index contributed by atoms with van der Waals surface area (Å²) in [7, 11) is -1.90. The van der Waals surface area contributed by atoms with Crippen LogP contribution >= 0.6 is 0 Å². The minimum absolute atomic E-state index is 0.117. The zero-order valence-electron chi connectivity index (χ0n) is 16.2. The molecule has 0 rings (SSSR count). The van der Waals surface area contributed by atoms with E-state index in [2.05, 4.69) is 16.7 Å². The van der Waals surface area contributed by atoms with Crippen molar-refractivity contribution in [2.75, 3.05) is 12.8 Å². The summed E-state index contributed by atoms with van der Waals surface area (Å²) in [6.45, 7) is 2.27. The van der Waals surface area contributed by atoms with E-state index in [4.69, 9.17) is 0 Å². The van der Waals surface area contributed by atoms with E-state index in [0.717, 1.165) is 12.8 Å². The molecule has 0 fully saturated rings. The summed E-state index contributed by atoms with van der Waals surface area (Å²) in [5, 5.41) is 0. The molecule has 0 radical (unpaired) electrons. The topological polar surface area (TPSA) is 55.4 Å². The quantitative estimate of drug-likeness (QED) is 0.235. The van der Waals surface area contributed by atoms with E-state index < -0.39 is 10.1 Å². The summed E-state index contributed by atoms with van der Waals surface area (Å²) in [5.41, 5.74) is 2.22. The van der Waals surface area contributed by atoms with Crippen molar-refractivity contribution in [3.63, 3.8) is 0 Å². The van der Waals surface area contributed by atoms with Gasteiger partial charge in [0.25, 0.3) is 10.1 Å². The minimum Gasteiger partial charge on any atom is -0.198 e. The fourth-order valence-corrected chi connectivity index (χ4v) is 3.89. The van der Waals surface area contributed by atoms with Crippen molar-refractivity contribution in [2.45, 2.75) is 110 Å². The molecule has 0 unspecified atom stereocenters. The zero-order chi connectivity index (χ0) is 17.9. The van der Waals surface area contributed by atoms with Crippen molar-refractivity contribution in [3.8, 4) is 0 Å². The van der Waals surface area contributed by atoms with Gasteiger partial charge in [-0.05, 0) is 6.42 Å². The molecule has 0 aromatic rings. The monoisotopic (exact) mass is 363 g/mol. The second-order valence-electron chi connectivity index (χ2n) is 6.85. The molecule has 0 spiro atoms. The van der Waals surface area contributed by atoms with Gasteiger partial charge in [-0.2, -0.15) is 18.2 Å². The predicted molar refractivity (Wildman–Crippen MR) is 103 cm³/mol. The largest absolute Gasteiger partial charge is 0.283 e. The van der Waals surface area contributed by atoms with E-state index in [0.29, 0.717) is 6.42 Å². The summed E-state index contributed by atoms with van der Waals surface area (Å²) in [6, 6.07) is 0. The first-order valence-electron chi connectivity index (χ1n) is 10.2. The molecule has 0 amide bonds. The van der Waals surface area contributed by atoms with E-state index in [1.807, 2.05) is 0 Å². The van der Waals surface area contributed by atoms with Crippen LogP contribution in [-0.4, -0.2) is 21.2 Å². The molecular formula is C19H41NO3S. The highest BCUT2D eigenvalue weighted by molar-refractivity contribution is 7.86. The van der Waals surface area contributed by atoms with Gasteiger partial charge in [0.1, 0.15) is 0 Å². The van der Waals surface area contributed by atoms with Crippen LogP contribution in [0, 0.1) is 0 Å². The van der Waals surface area contributed by atoms with Gasteiger partial charge in [0.05, 0.1) is 5.75 Å². The standard InChI is InChI=1S/C19H41NO3S/c1-3-4-5-6-7-8-9-10-11-12-13-14-15-16-17-18-19-24(21,22)23-20-2/h20H,3-19H2,1-2H3. The third kappa shape index (κ3) is 18.2. The Kier molecular flexibility index (Phi) is 17.6. The summed E-state index contributed by atoms with van der Waals surface area (Å²) in [6.07, 6.45) is 20.6. The van der Waals surface area contributed by atoms with Gasteiger partial charge in [-0.25, -0.2) is 0 Å². The number of nitrogens with one attached hydrogen (secondary N) is 1. The average molecular weight is 364 g/mol. The molecule has 0 atom stereocenters. The second-order valence-corrected chi connectivity index (χ2v) is 8.54. The molecule has 0 aromatic heterocycles. The van der Waals surface area contributed by atoms with Gasteiger partial charge in [0, 0.05) is 7.05 Å². The second kappa shape index (κ2) is 17.7. The van der Waals surface area contributed by atoms with Crippen LogP contribution in [0.5, 0.6) is 0 Å². The van der Waals surface area contributed by atoms with Crippen LogP contribution in [0.2, 0.25) is 0 Å². The number of hydroxylamine groups is 1. The molecule has 0 bridgehead atoms. The summed E-state index contributed by atoms with van der Waals surface area (Å²) in [5.74, 6) is 0.117. The normalized spacial score (nSPS) is 11.9. The maximum atomic E-state index is 11.3. The Morgan fingerprint density at radius 1 is 0.625 bits per heavy atom. The van der Waals surface area contributed by atoms with Crippen LogP contribution in [0.15, 0.2) is 0 Å². The molecule has 0 aromatic carbocycles. The van der Waals surface area contributed by atoms with Gasteiger partial charge < -0.3 is 0 Å². The molecule has 5 heteroatoms. The van der Waals surface area contributed by atoms with E-state index in [-0.39, 0.29) is 5.75 Å². The smallest absolute Gasteiger partial charge is 0.198 e. The molecule has 146 valence electrons. The van der Waals surface area contributed by atoms with Gasteiger partial charge in [-0.1, -0.05) is 103 Å². The highest BCUT2D eigenvalue weighted by atomic mass is 32.2. The average Bonchev–Trinajstić information content (AvgIpc) is 2.54. The third-order valence-electron chi connectivity index (χ3n) is 4.46. The fourth-order valence-electron chi connectivity index (χ4n) is 3.00. The van der Waals surface area contributed by atoms with E-state index in [9.17, 15) is 8.42 Å². The van der Waals surface area contributed by atoms with Crippen molar-refractivity contribution in [2.24, 2.45) is 0 Å². The number of hydrogen-bond acceptors (Lipinski definition) is 4. The van der Waals surface area contributed by atoms with Gasteiger partial charge in [-0.15, -0.1) is 0 Å². The summed E-state index contributed by atoms with van der Waals surface area (Å²) in [4.78, 5) is 0. The van der Waals surface area contributed by atoms with E-state index >= 15 is 0 Å². The Bertz CT molecular complexity index is 345. The lowest BCUT2D eigenvalue weighted by Gasteiger charge is -2.04. The lowest BCUT2D eigenvalue weighted by molar-refractivity contribution is 0.231. The first-order chi connectivity index (χ1) is 11.6. The number of rotatable bonds is 19. The molecule has 0 heterocycles. The molecule has 0 aliphatic rings. The maximum Gasteiger partial charge on any atom is 0.283 e. The SMILES string of the molecule is CCCCCCCCCCCCCCCCCCS(=O)(=O)ONC. The number of hydrogen-bond donors (Lipinski definition) is 1. The Balaban J connectivity index is 3.13. The molecule has 4 nitrogen and oxygen atoms in total.